The van der Waals surface area contributed by atoms with Gasteiger partial charge >= 0.3 is 0 Å². The maximum absolute atomic E-state index is 13.1. The molecule has 4 atom stereocenters. The fourth-order valence-electron chi connectivity index (χ4n) is 5.26. The lowest BCUT2D eigenvalue weighted by Crippen LogP contribution is -2.52. The first kappa shape index (κ1) is 16.1. The molecule has 0 aromatic carbocycles. The lowest BCUT2D eigenvalue weighted by molar-refractivity contribution is -0.136. The summed E-state index contributed by atoms with van der Waals surface area (Å²) in [4.78, 5) is 29.8. The molecule has 0 radical (unpaired) electrons. The van der Waals surface area contributed by atoms with Gasteiger partial charge in [-0.2, -0.15) is 0 Å². The summed E-state index contributed by atoms with van der Waals surface area (Å²) in [6.07, 6.45) is 10.4. The average molecular weight is 353 g/mol. The van der Waals surface area contributed by atoms with E-state index in [0.717, 1.165) is 55.6 Å². The van der Waals surface area contributed by atoms with Crippen LogP contribution in [0.15, 0.2) is 18.6 Å². The fraction of sp³-hybridized carbons (Fsp3) is 0.650. The van der Waals surface area contributed by atoms with Crippen LogP contribution < -0.4 is 4.90 Å². The molecular formula is C20H27N5O. The number of piperidine rings is 1. The van der Waals surface area contributed by atoms with Crippen LogP contribution in [0.2, 0.25) is 0 Å². The van der Waals surface area contributed by atoms with Crippen molar-refractivity contribution < 1.29 is 4.79 Å². The Balaban J connectivity index is 1.37. The van der Waals surface area contributed by atoms with Crippen molar-refractivity contribution >= 4 is 22.8 Å². The molecule has 1 saturated carbocycles. The van der Waals surface area contributed by atoms with Gasteiger partial charge < -0.3 is 14.8 Å². The molecular weight excluding hydrogens is 326 g/mol. The second-order valence-corrected chi connectivity index (χ2v) is 8.12. The Morgan fingerprint density at radius 2 is 2.19 bits per heavy atom. The summed E-state index contributed by atoms with van der Waals surface area (Å²) in [6.45, 7) is 4.13. The minimum absolute atomic E-state index is 0.304. The molecule has 2 aromatic heterocycles. The van der Waals surface area contributed by atoms with E-state index in [1.54, 1.807) is 6.33 Å². The SMILES string of the molecule is CCC[C@H]1C[C@H]1C(=O)N1CCC[C@@H]2[C@H]1CCN2c1ncnc2[nH]ccc12. The number of carbonyl (C=O) groups is 1. The topological polar surface area (TPSA) is 65.1 Å². The fourth-order valence-corrected chi connectivity index (χ4v) is 5.26. The number of fused-ring (bicyclic) bond motifs is 2. The summed E-state index contributed by atoms with van der Waals surface area (Å²) in [5.41, 5.74) is 0.891. The lowest BCUT2D eigenvalue weighted by atomic mass is 9.96. The molecule has 138 valence electrons. The maximum Gasteiger partial charge on any atom is 0.226 e. The molecule has 0 unspecified atom stereocenters. The highest BCUT2D eigenvalue weighted by Gasteiger charge is 2.49. The largest absolute Gasteiger partial charge is 0.351 e. The van der Waals surface area contributed by atoms with Gasteiger partial charge in [0, 0.05) is 25.2 Å². The van der Waals surface area contributed by atoms with Gasteiger partial charge in [0.2, 0.25) is 5.91 Å². The second kappa shape index (κ2) is 6.25. The van der Waals surface area contributed by atoms with Gasteiger partial charge in [0.05, 0.1) is 17.5 Å². The summed E-state index contributed by atoms with van der Waals surface area (Å²) in [7, 11) is 0. The van der Waals surface area contributed by atoms with E-state index >= 15 is 0 Å². The van der Waals surface area contributed by atoms with Crippen LogP contribution in [-0.4, -0.2) is 50.9 Å². The Morgan fingerprint density at radius 1 is 1.27 bits per heavy atom. The molecule has 26 heavy (non-hydrogen) atoms. The number of carbonyl (C=O) groups excluding carboxylic acids is 1. The van der Waals surface area contributed by atoms with Gasteiger partial charge in [-0.3, -0.25) is 4.79 Å². The normalized spacial score (nSPS) is 30.7. The highest BCUT2D eigenvalue weighted by Crippen LogP contribution is 2.45. The minimum atomic E-state index is 0.304. The predicted molar refractivity (Wildman–Crippen MR) is 101 cm³/mol. The number of anilines is 1. The van der Waals surface area contributed by atoms with Crippen LogP contribution in [0.4, 0.5) is 5.82 Å². The quantitative estimate of drug-likeness (QED) is 0.918. The van der Waals surface area contributed by atoms with Crippen molar-refractivity contribution in [2.24, 2.45) is 11.8 Å². The van der Waals surface area contributed by atoms with Crippen molar-refractivity contribution in [2.75, 3.05) is 18.0 Å². The number of nitrogens with one attached hydrogen (secondary N) is 1. The highest BCUT2D eigenvalue weighted by atomic mass is 16.2. The molecule has 3 fully saturated rings. The number of aromatic amines is 1. The number of likely N-dealkylation sites (tertiary alicyclic amines) is 1. The highest BCUT2D eigenvalue weighted by molar-refractivity contribution is 5.88. The molecule has 1 N–H and O–H groups in total. The number of rotatable bonds is 4. The zero-order valence-corrected chi connectivity index (χ0v) is 15.4. The third kappa shape index (κ3) is 2.49. The Bertz CT molecular complexity index is 817. The molecule has 2 aliphatic heterocycles. The monoisotopic (exact) mass is 353 g/mol. The minimum Gasteiger partial charge on any atom is -0.351 e. The summed E-state index contributed by atoms with van der Waals surface area (Å²) < 4.78 is 0. The molecule has 2 saturated heterocycles. The zero-order chi connectivity index (χ0) is 17.7. The smallest absolute Gasteiger partial charge is 0.226 e. The molecule has 0 bridgehead atoms. The summed E-state index contributed by atoms with van der Waals surface area (Å²) >= 11 is 0. The average Bonchev–Trinajstić information content (AvgIpc) is 3.08. The Morgan fingerprint density at radius 3 is 3.08 bits per heavy atom. The van der Waals surface area contributed by atoms with Gasteiger partial charge in [-0.05, 0) is 44.1 Å². The van der Waals surface area contributed by atoms with Crippen molar-refractivity contribution in [1.29, 1.82) is 0 Å². The van der Waals surface area contributed by atoms with E-state index in [0.29, 0.717) is 29.8 Å². The van der Waals surface area contributed by atoms with Gasteiger partial charge in [-0.25, -0.2) is 9.97 Å². The third-order valence-electron chi connectivity index (χ3n) is 6.60. The Hall–Kier alpha value is -2.11. The summed E-state index contributed by atoms with van der Waals surface area (Å²) in [6, 6.07) is 2.80. The van der Waals surface area contributed by atoms with E-state index in [-0.39, 0.29) is 0 Å². The van der Waals surface area contributed by atoms with Crippen molar-refractivity contribution in [3.05, 3.63) is 18.6 Å². The van der Waals surface area contributed by atoms with E-state index < -0.39 is 0 Å². The van der Waals surface area contributed by atoms with Crippen LogP contribution in [-0.2, 0) is 4.79 Å². The van der Waals surface area contributed by atoms with Gasteiger partial charge in [0.15, 0.2) is 0 Å². The van der Waals surface area contributed by atoms with E-state index in [2.05, 4.69) is 37.7 Å². The number of nitrogens with zero attached hydrogens (tertiary/aromatic N) is 4. The molecule has 3 aliphatic rings. The predicted octanol–water partition coefficient (Wildman–Crippen LogP) is 2.96. The van der Waals surface area contributed by atoms with Crippen molar-refractivity contribution in [3.63, 3.8) is 0 Å². The maximum atomic E-state index is 13.1. The van der Waals surface area contributed by atoms with Crippen LogP contribution in [0.1, 0.15) is 45.4 Å². The first-order valence-corrected chi connectivity index (χ1v) is 10.1. The molecule has 5 rings (SSSR count). The van der Waals surface area contributed by atoms with Crippen LogP contribution >= 0.6 is 0 Å². The Labute approximate surface area is 154 Å². The van der Waals surface area contributed by atoms with E-state index in [1.165, 1.54) is 12.8 Å². The van der Waals surface area contributed by atoms with Crippen LogP contribution in [0.5, 0.6) is 0 Å². The lowest BCUT2D eigenvalue weighted by Gasteiger charge is -2.40. The van der Waals surface area contributed by atoms with Gasteiger partial charge in [0.25, 0.3) is 0 Å². The molecule has 6 nitrogen and oxygen atoms in total. The number of amides is 1. The van der Waals surface area contributed by atoms with Gasteiger partial charge in [-0.15, -0.1) is 0 Å². The standard InChI is InChI=1S/C20H27N5O/c1-2-4-13-11-15(13)20(26)25-9-3-5-16-17(25)7-10-24(16)19-14-6-8-21-18(14)22-12-23-19/h6,8,12-13,15-17H,2-5,7,9-11H2,1H3,(H,21,22,23)/t13-,15+,16+,17+/m0/s1. The summed E-state index contributed by atoms with van der Waals surface area (Å²) in [5, 5.41) is 1.09. The van der Waals surface area contributed by atoms with Crippen LogP contribution in [0, 0.1) is 11.8 Å². The molecule has 0 spiro atoms. The zero-order valence-electron chi connectivity index (χ0n) is 15.4. The second-order valence-electron chi connectivity index (χ2n) is 8.12. The molecule has 4 heterocycles. The molecule has 2 aromatic rings. The van der Waals surface area contributed by atoms with E-state index in [9.17, 15) is 4.79 Å². The number of aromatic nitrogens is 3. The van der Waals surface area contributed by atoms with E-state index in [4.69, 9.17) is 0 Å². The van der Waals surface area contributed by atoms with Gasteiger partial charge in [0.1, 0.15) is 17.8 Å². The van der Waals surface area contributed by atoms with Crippen molar-refractivity contribution in [1.82, 2.24) is 19.9 Å². The van der Waals surface area contributed by atoms with Gasteiger partial charge in [-0.1, -0.05) is 13.3 Å². The molecule has 1 amide bonds. The van der Waals surface area contributed by atoms with Crippen molar-refractivity contribution in [3.8, 4) is 0 Å². The Kier molecular flexibility index (Phi) is 3.87. The first-order chi connectivity index (χ1) is 12.8. The van der Waals surface area contributed by atoms with E-state index in [1.807, 2.05) is 6.20 Å². The number of hydrogen-bond acceptors (Lipinski definition) is 4. The first-order valence-electron chi connectivity index (χ1n) is 10.1. The summed E-state index contributed by atoms with van der Waals surface area (Å²) in [5.74, 6) is 2.40. The number of hydrogen-bond donors (Lipinski definition) is 1. The molecule has 1 aliphatic carbocycles. The van der Waals surface area contributed by atoms with Crippen LogP contribution in [0.25, 0.3) is 11.0 Å². The number of H-pyrrole nitrogens is 1. The van der Waals surface area contributed by atoms with Crippen molar-refractivity contribution in [2.45, 2.75) is 57.5 Å². The third-order valence-corrected chi connectivity index (χ3v) is 6.60. The molecule has 6 heteroatoms. The van der Waals surface area contributed by atoms with Crippen LogP contribution in [0.3, 0.4) is 0 Å².